The molecule has 0 spiro atoms. The maximum atomic E-state index is 13.8. The number of para-hydroxylation sites is 1. The molecule has 192 valence electrons. The van der Waals surface area contributed by atoms with Crippen LogP contribution < -0.4 is 10.6 Å². The minimum atomic E-state index is -1.12. The Kier molecular flexibility index (Phi) is 9.68. The molecule has 2 rings (SSSR count). The van der Waals surface area contributed by atoms with Crippen molar-refractivity contribution in [3.63, 3.8) is 0 Å². The summed E-state index contributed by atoms with van der Waals surface area (Å²) >= 11 is 0. The molecule has 36 heavy (non-hydrogen) atoms. The fourth-order valence-corrected chi connectivity index (χ4v) is 3.79. The van der Waals surface area contributed by atoms with Gasteiger partial charge in [-0.05, 0) is 57.2 Å². The number of amides is 3. The molecule has 3 unspecified atom stereocenters. The van der Waals surface area contributed by atoms with Crippen LogP contribution in [0.15, 0.2) is 48.5 Å². The molecule has 7 nitrogen and oxygen atoms in total. The zero-order chi connectivity index (χ0) is 27.0. The van der Waals surface area contributed by atoms with Crippen molar-refractivity contribution < 1.29 is 19.1 Å². The van der Waals surface area contributed by atoms with E-state index in [9.17, 15) is 14.4 Å². The first-order valence-electron chi connectivity index (χ1n) is 12.1. The molecule has 0 saturated heterocycles. The van der Waals surface area contributed by atoms with Crippen LogP contribution in [0.1, 0.15) is 63.8 Å². The van der Waals surface area contributed by atoms with Gasteiger partial charge in [0.25, 0.3) is 11.8 Å². The van der Waals surface area contributed by atoms with Crippen LogP contribution in [-0.2, 0) is 14.3 Å². The number of anilines is 1. The first kappa shape index (κ1) is 28.4. The molecule has 3 atom stereocenters. The molecule has 0 bridgehead atoms. The summed E-state index contributed by atoms with van der Waals surface area (Å²) < 4.78 is 5.37. The lowest BCUT2D eigenvalue weighted by atomic mass is 9.96. The van der Waals surface area contributed by atoms with E-state index in [0.717, 1.165) is 16.0 Å². The summed E-state index contributed by atoms with van der Waals surface area (Å²) in [6, 6.07) is 14.9. The van der Waals surface area contributed by atoms with Crippen LogP contribution in [0.25, 0.3) is 0 Å². The van der Waals surface area contributed by atoms with Crippen molar-refractivity contribution in [2.75, 3.05) is 5.32 Å². The first-order valence-corrected chi connectivity index (χ1v) is 12.1. The Morgan fingerprint density at radius 1 is 1.03 bits per heavy atom. The topological polar surface area (TPSA) is 87.7 Å². The van der Waals surface area contributed by atoms with Gasteiger partial charge >= 0.3 is 6.09 Å². The molecule has 2 aromatic rings. The second-order valence-electron chi connectivity index (χ2n) is 9.92. The highest BCUT2D eigenvalue weighted by Gasteiger charge is 2.38. The van der Waals surface area contributed by atoms with Gasteiger partial charge in [-0.1, -0.05) is 75.2 Å². The van der Waals surface area contributed by atoms with Crippen molar-refractivity contribution in [3.05, 3.63) is 65.2 Å². The average molecular weight is 492 g/mol. The number of hydrogen-bond acceptors (Lipinski definition) is 4. The molecule has 0 aromatic heterocycles. The molecule has 0 fully saturated rings. The number of carbonyl (C=O) groups is 3. The molecule has 2 N–H and O–H groups in total. The van der Waals surface area contributed by atoms with Crippen LogP contribution in [-0.4, -0.2) is 34.5 Å². The number of ether oxygens (including phenoxy) is 1. The van der Waals surface area contributed by atoms with Gasteiger partial charge in [0.15, 0.2) is 0 Å². The Hall–Kier alpha value is -3.79. The molecular weight excluding hydrogens is 454 g/mol. The Morgan fingerprint density at radius 3 is 2.11 bits per heavy atom. The largest absolute Gasteiger partial charge is 0.444 e. The minimum Gasteiger partial charge on any atom is -0.444 e. The molecule has 0 heterocycles. The molecule has 2 aromatic carbocycles. The molecule has 0 aliphatic rings. The number of carbonyl (C=O) groups excluding carboxylic acids is 3. The van der Waals surface area contributed by atoms with Gasteiger partial charge in [-0.25, -0.2) is 4.79 Å². The standard InChI is InChI=1S/C29H37N3O4/c1-9-19(3)24(31-28(35)36-29(6,7)8)27(34)32(10-2)25(22-17-12-11-13-18-22)26(33)30-23-20(4)15-14-16-21(23)5/h2,11-19,24-25H,9H2,1,3-8H3,(H,30,33)(H,31,35). The maximum Gasteiger partial charge on any atom is 0.408 e. The van der Waals surface area contributed by atoms with E-state index < -0.39 is 35.6 Å². The smallest absolute Gasteiger partial charge is 0.408 e. The summed E-state index contributed by atoms with van der Waals surface area (Å²) in [4.78, 5) is 41.1. The van der Waals surface area contributed by atoms with E-state index in [0.29, 0.717) is 17.7 Å². The normalized spacial score (nSPS) is 13.5. The Morgan fingerprint density at radius 2 is 1.61 bits per heavy atom. The lowest BCUT2D eigenvalue weighted by Gasteiger charge is -2.32. The summed E-state index contributed by atoms with van der Waals surface area (Å²) in [6.45, 7) is 12.8. The van der Waals surface area contributed by atoms with Gasteiger partial charge in [0.2, 0.25) is 0 Å². The number of nitrogens with zero attached hydrogens (tertiary/aromatic N) is 1. The van der Waals surface area contributed by atoms with Crippen molar-refractivity contribution in [2.45, 2.75) is 72.6 Å². The molecule has 0 saturated carbocycles. The number of benzene rings is 2. The average Bonchev–Trinajstić information content (AvgIpc) is 2.81. The zero-order valence-corrected chi connectivity index (χ0v) is 22.2. The third kappa shape index (κ3) is 7.35. The second kappa shape index (κ2) is 12.3. The van der Waals surface area contributed by atoms with Crippen molar-refractivity contribution in [1.29, 1.82) is 0 Å². The Balaban J connectivity index is 2.48. The monoisotopic (exact) mass is 491 g/mol. The summed E-state index contributed by atoms with van der Waals surface area (Å²) in [5.74, 6) is -1.28. The molecule has 0 radical (unpaired) electrons. The van der Waals surface area contributed by atoms with Gasteiger partial charge < -0.3 is 15.4 Å². The predicted molar refractivity (Wildman–Crippen MR) is 142 cm³/mol. The molecular formula is C29H37N3O4. The Labute approximate surface area is 214 Å². The SMILES string of the molecule is C#CN(C(=O)C(NC(=O)OC(C)(C)C)C(C)CC)C(C(=O)Nc1c(C)cccc1C)c1ccccc1. The number of alkyl carbamates (subject to hydrolysis) is 1. The van der Waals surface area contributed by atoms with Gasteiger partial charge in [0.05, 0.1) is 0 Å². The first-order chi connectivity index (χ1) is 16.9. The van der Waals surface area contributed by atoms with Crippen molar-refractivity contribution in [2.24, 2.45) is 5.92 Å². The van der Waals surface area contributed by atoms with E-state index in [-0.39, 0.29) is 5.92 Å². The van der Waals surface area contributed by atoms with Gasteiger partial charge in [0, 0.05) is 11.7 Å². The summed E-state index contributed by atoms with van der Waals surface area (Å²) in [6.07, 6.45) is 5.71. The summed E-state index contributed by atoms with van der Waals surface area (Å²) in [5.41, 5.74) is 2.25. The van der Waals surface area contributed by atoms with E-state index in [1.165, 1.54) is 0 Å². The fraction of sp³-hybridized carbons (Fsp3) is 0.414. The van der Waals surface area contributed by atoms with E-state index in [4.69, 9.17) is 11.2 Å². The van der Waals surface area contributed by atoms with Crippen molar-refractivity contribution in [1.82, 2.24) is 10.2 Å². The van der Waals surface area contributed by atoms with Crippen LogP contribution in [0.3, 0.4) is 0 Å². The number of rotatable bonds is 8. The summed E-state index contributed by atoms with van der Waals surface area (Å²) in [5, 5.41) is 5.63. The number of terminal acetylenes is 1. The minimum absolute atomic E-state index is 0.265. The number of aryl methyl sites for hydroxylation is 2. The van der Waals surface area contributed by atoms with E-state index in [1.807, 2.05) is 52.0 Å². The fourth-order valence-electron chi connectivity index (χ4n) is 3.79. The Bertz CT molecular complexity index is 1100. The maximum absolute atomic E-state index is 13.8. The van der Waals surface area contributed by atoms with E-state index in [1.54, 1.807) is 45.0 Å². The zero-order valence-electron chi connectivity index (χ0n) is 22.2. The number of nitrogens with one attached hydrogen (secondary N) is 2. The lowest BCUT2D eigenvalue weighted by Crippen LogP contribution is -2.53. The van der Waals surface area contributed by atoms with E-state index >= 15 is 0 Å². The van der Waals surface area contributed by atoms with Gasteiger partial charge in [-0.3, -0.25) is 14.5 Å². The predicted octanol–water partition coefficient (Wildman–Crippen LogP) is 5.34. The van der Waals surface area contributed by atoms with Gasteiger partial charge in [-0.15, -0.1) is 0 Å². The van der Waals surface area contributed by atoms with Crippen molar-refractivity contribution in [3.8, 4) is 12.5 Å². The second-order valence-corrected chi connectivity index (χ2v) is 9.92. The summed E-state index contributed by atoms with van der Waals surface area (Å²) in [7, 11) is 0. The van der Waals surface area contributed by atoms with Crippen LogP contribution in [0.5, 0.6) is 0 Å². The third-order valence-corrected chi connectivity index (χ3v) is 5.88. The molecule has 0 aliphatic heterocycles. The third-order valence-electron chi connectivity index (χ3n) is 5.88. The van der Waals surface area contributed by atoms with Gasteiger partial charge in [0.1, 0.15) is 17.7 Å². The van der Waals surface area contributed by atoms with E-state index in [2.05, 4.69) is 16.7 Å². The highest BCUT2D eigenvalue weighted by atomic mass is 16.6. The molecule has 7 heteroatoms. The quantitative estimate of drug-likeness (QED) is 0.385. The highest BCUT2D eigenvalue weighted by Crippen LogP contribution is 2.27. The van der Waals surface area contributed by atoms with Crippen LogP contribution in [0.4, 0.5) is 10.5 Å². The lowest BCUT2D eigenvalue weighted by molar-refractivity contribution is -0.137. The van der Waals surface area contributed by atoms with Crippen LogP contribution in [0.2, 0.25) is 0 Å². The van der Waals surface area contributed by atoms with Gasteiger partial charge in [-0.2, -0.15) is 0 Å². The molecule has 0 aliphatic carbocycles. The van der Waals surface area contributed by atoms with Crippen LogP contribution >= 0.6 is 0 Å². The van der Waals surface area contributed by atoms with Crippen molar-refractivity contribution >= 4 is 23.6 Å². The number of hydrogen-bond donors (Lipinski definition) is 2. The highest BCUT2D eigenvalue weighted by molar-refractivity contribution is 6.00. The molecule has 3 amide bonds. The van der Waals surface area contributed by atoms with Crippen LogP contribution in [0, 0.1) is 32.2 Å².